The molecule has 0 aliphatic heterocycles. The second-order valence-corrected chi connectivity index (χ2v) is 4.84. The van der Waals surface area contributed by atoms with Crippen LogP contribution in [0.15, 0.2) is 0 Å². The van der Waals surface area contributed by atoms with Crippen molar-refractivity contribution >= 4 is 5.91 Å². The van der Waals surface area contributed by atoms with Gasteiger partial charge in [0.2, 0.25) is 5.91 Å². The lowest BCUT2D eigenvalue weighted by molar-refractivity contribution is -0.137. The van der Waals surface area contributed by atoms with E-state index in [0.29, 0.717) is 12.5 Å². The average Bonchev–Trinajstić information content (AvgIpc) is 3.05. The Hall–Kier alpha value is -0.570. The van der Waals surface area contributed by atoms with Gasteiger partial charge in [-0.15, -0.1) is 0 Å². The number of hydrogen-bond acceptors (Lipinski definition) is 2. The van der Waals surface area contributed by atoms with Gasteiger partial charge in [0.15, 0.2) is 0 Å². The first-order valence-electron chi connectivity index (χ1n) is 6.09. The highest BCUT2D eigenvalue weighted by Gasteiger charge is 2.50. The van der Waals surface area contributed by atoms with E-state index in [1.54, 1.807) is 0 Å². The Morgan fingerprint density at radius 1 is 1.47 bits per heavy atom. The summed E-state index contributed by atoms with van der Waals surface area (Å²) in [6.07, 6.45) is 3.10. The molecular weight excluding hydrogens is 188 g/mol. The zero-order valence-corrected chi connectivity index (χ0v) is 10.3. The third-order valence-electron chi connectivity index (χ3n) is 3.60. The number of nitrogens with two attached hydrogens (primary N) is 1. The predicted octanol–water partition coefficient (Wildman–Crippen LogP) is 1.62. The second-order valence-electron chi connectivity index (χ2n) is 4.84. The fourth-order valence-corrected chi connectivity index (χ4v) is 1.85. The number of carbonyl (C=O) groups is 1. The quantitative estimate of drug-likeness (QED) is 0.727. The molecule has 1 aliphatic carbocycles. The molecule has 0 aromatic heterocycles. The van der Waals surface area contributed by atoms with E-state index in [1.807, 2.05) is 11.8 Å². The van der Waals surface area contributed by atoms with Gasteiger partial charge in [-0.25, -0.2) is 0 Å². The van der Waals surface area contributed by atoms with Gasteiger partial charge in [0, 0.05) is 19.6 Å². The molecule has 0 aromatic rings. The molecule has 2 N–H and O–H groups in total. The zero-order valence-electron chi connectivity index (χ0n) is 10.3. The van der Waals surface area contributed by atoms with Crippen LogP contribution < -0.4 is 5.73 Å². The maximum Gasteiger partial charge on any atom is 0.230 e. The highest BCUT2D eigenvalue weighted by Crippen LogP contribution is 2.46. The molecule has 0 spiro atoms. The van der Waals surface area contributed by atoms with E-state index in [-0.39, 0.29) is 11.3 Å². The Balaban J connectivity index is 2.55. The summed E-state index contributed by atoms with van der Waals surface area (Å²) >= 11 is 0. The molecule has 3 heteroatoms. The third-order valence-corrected chi connectivity index (χ3v) is 3.60. The first kappa shape index (κ1) is 12.5. The second kappa shape index (κ2) is 4.97. The monoisotopic (exact) mass is 212 g/mol. The fraction of sp³-hybridized carbons (Fsp3) is 0.917. The first-order valence-corrected chi connectivity index (χ1v) is 6.09. The van der Waals surface area contributed by atoms with E-state index in [1.165, 1.54) is 0 Å². The minimum atomic E-state index is -0.177. The molecule has 1 fully saturated rings. The Morgan fingerprint density at radius 3 is 2.40 bits per heavy atom. The molecule has 3 nitrogen and oxygen atoms in total. The minimum Gasteiger partial charge on any atom is -0.342 e. The smallest absolute Gasteiger partial charge is 0.230 e. The van der Waals surface area contributed by atoms with E-state index < -0.39 is 0 Å². The van der Waals surface area contributed by atoms with E-state index in [2.05, 4.69) is 13.8 Å². The largest absolute Gasteiger partial charge is 0.342 e. The molecule has 1 rings (SSSR count). The van der Waals surface area contributed by atoms with Crippen LogP contribution in [-0.2, 0) is 4.79 Å². The van der Waals surface area contributed by atoms with Crippen LogP contribution in [0.4, 0.5) is 0 Å². The van der Waals surface area contributed by atoms with Crippen molar-refractivity contribution in [2.45, 2.75) is 40.0 Å². The molecular formula is C12H24N2O. The lowest BCUT2D eigenvalue weighted by Gasteiger charge is -2.27. The lowest BCUT2D eigenvalue weighted by atomic mass is 10.0. The van der Waals surface area contributed by atoms with Crippen molar-refractivity contribution in [3.63, 3.8) is 0 Å². The van der Waals surface area contributed by atoms with Gasteiger partial charge in [0.05, 0.1) is 5.41 Å². The van der Waals surface area contributed by atoms with Gasteiger partial charge in [-0.05, 0) is 25.7 Å². The Kier molecular flexibility index (Phi) is 4.14. The summed E-state index contributed by atoms with van der Waals surface area (Å²) in [6, 6.07) is 0. The molecule has 0 saturated heterocycles. The molecule has 1 aliphatic rings. The van der Waals surface area contributed by atoms with Crippen LogP contribution in [-0.4, -0.2) is 30.4 Å². The van der Waals surface area contributed by atoms with Gasteiger partial charge in [-0.2, -0.15) is 0 Å². The summed E-state index contributed by atoms with van der Waals surface area (Å²) in [6.45, 7) is 8.62. The third kappa shape index (κ3) is 2.71. The molecule has 1 saturated carbocycles. The number of nitrogens with zero attached hydrogens (tertiary/aromatic N) is 1. The summed E-state index contributed by atoms with van der Waals surface area (Å²) in [7, 11) is 0. The maximum absolute atomic E-state index is 12.2. The standard InChI is InChI=1S/C12H24N2O/c1-4-10(3)8-14(5-2)11(15)12(9-13)6-7-12/h10H,4-9,13H2,1-3H3. The number of amides is 1. The Bertz CT molecular complexity index is 224. The lowest BCUT2D eigenvalue weighted by Crippen LogP contribution is -2.42. The van der Waals surface area contributed by atoms with E-state index in [9.17, 15) is 4.79 Å². The van der Waals surface area contributed by atoms with Gasteiger partial charge in [0.25, 0.3) is 0 Å². The van der Waals surface area contributed by atoms with Crippen molar-refractivity contribution in [2.24, 2.45) is 17.1 Å². The minimum absolute atomic E-state index is 0.177. The van der Waals surface area contributed by atoms with Crippen molar-refractivity contribution in [2.75, 3.05) is 19.6 Å². The first-order chi connectivity index (χ1) is 7.09. The summed E-state index contributed by atoms with van der Waals surface area (Å²) in [5, 5.41) is 0. The van der Waals surface area contributed by atoms with Crippen molar-refractivity contribution in [3.8, 4) is 0 Å². The molecule has 0 bridgehead atoms. The van der Waals surface area contributed by atoms with E-state index >= 15 is 0 Å². The van der Waals surface area contributed by atoms with E-state index in [0.717, 1.165) is 32.4 Å². The molecule has 0 aromatic carbocycles. The van der Waals surface area contributed by atoms with Gasteiger partial charge in [0.1, 0.15) is 0 Å². The number of hydrogen-bond donors (Lipinski definition) is 1. The van der Waals surface area contributed by atoms with Crippen LogP contribution in [0.25, 0.3) is 0 Å². The highest BCUT2D eigenvalue weighted by molar-refractivity contribution is 5.85. The van der Waals surface area contributed by atoms with Crippen molar-refractivity contribution in [3.05, 3.63) is 0 Å². The number of carbonyl (C=O) groups excluding carboxylic acids is 1. The fourth-order valence-electron chi connectivity index (χ4n) is 1.85. The Morgan fingerprint density at radius 2 is 2.07 bits per heavy atom. The molecule has 1 amide bonds. The van der Waals surface area contributed by atoms with Crippen LogP contribution in [0.2, 0.25) is 0 Å². The molecule has 1 atom stereocenters. The van der Waals surface area contributed by atoms with Crippen LogP contribution in [0.3, 0.4) is 0 Å². The molecule has 0 radical (unpaired) electrons. The highest BCUT2D eigenvalue weighted by atomic mass is 16.2. The molecule has 1 unspecified atom stereocenters. The van der Waals surface area contributed by atoms with Crippen molar-refractivity contribution in [1.82, 2.24) is 4.90 Å². The average molecular weight is 212 g/mol. The van der Waals surface area contributed by atoms with Gasteiger partial charge >= 0.3 is 0 Å². The molecule has 15 heavy (non-hydrogen) atoms. The van der Waals surface area contributed by atoms with Crippen LogP contribution in [0.5, 0.6) is 0 Å². The van der Waals surface area contributed by atoms with Crippen molar-refractivity contribution in [1.29, 1.82) is 0 Å². The number of rotatable bonds is 6. The normalized spacial score (nSPS) is 19.7. The van der Waals surface area contributed by atoms with Crippen LogP contribution >= 0.6 is 0 Å². The summed E-state index contributed by atoms with van der Waals surface area (Å²) in [5.74, 6) is 0.871. The van der Waals surface area contributed by atoms with E-state index in [4.69, 9.17) is 5.73 Å². The summed E-state index contributed by atoms with van der Waals surface area (Å²) < 4.78 is 0. The SMILES string of the molecule is CCC(C)CN(CC)C(=O)C1(CN)CC1. The van der Waals surface area contributed by atoms with Crippen molar-refractivity contribution < 1.29 is 4.79 Å². The van der Waals surface area contributed by atoms with Crippen LogP contribution in [0, 0.1) is 11.3 Å². The summed E-state index contributed by atoms with van der Waals surface area (Å²) in [4.78, 5) is 14.2. The molecule has 88 valence electrons. The van der Waals surface area contributed by atoms with Crippen LogP contribution in [0.1, 0.15) is 40.0 Å². The maximum atomic E-state index is 12.2. The van der Waals surface area contributed by atoms with Gasteiger partial charge in [-0.3, -0.25) is 4.79 Å². The topological polar surface area (TPSA) is 46.3 Å². The predicted molar refractivity (Wildman–Crippen MR) is 62.4 cm³/mol. The zero-order chi connectivity index (χ0) is 11.5. The Labute approximate surface area is 93.0 Å². The summed E-state index contributed by atoms with van der Waals surface area (Å²) in [5.41, 5.74) is 5.50. The molecule has 0 heterocycles. The van der Waals surface area contributed by atoms with Gasteiger partial charge < -0.3 is 10.6 Å². The van der Waals surface area contributed by atoms with Gasteiger partial charge in [-0.1, -0.05) is 20.3 Å².